The second kappa shape index (κ2) is 7.75. The van der Waals surface area contributed by atoms with E-state index in [1.54, 1.807) is 0 Å². The van der Waals surface area contributed by atoms with Gasteiger partial charge in [0.05, 0.1) is 6.61 Å². The number of rotatable bonds is 5. The van der Waals surface area contributed by atoms with E-state index < -0.39 is 0 Å². The van der Waals surface area contributed by atoms with E-state index in [0.717, 1.165) is 17.7 Å². The van der Waals surface area contributed by atoms with Crippen molar-refractivity contribution in [2.75, 3.05) is 6.61 Å². The SMILES string of the molecule is Cl.NCc1ccc(OCCc2ccccc2)cc1. The largest absolute Gasteiger partial charge is 0.493 e. The van der Waals surface area contributed by atoms with Crippen LogP contribution in [0.1, 0.15) is 11.1 Å². The van der Waals surface area contributed by atoms with Gasteiger partial charge in [0.1, 0.15) is 5.75 Å². The quantitative estimate of drug-likeness (QED) is 0.899. The zero-order chi connectivity index (χ0) is 11.9. The van der Waals surface area contributed by atoms with Gasteiger partial charge in [0.15, 0.2) is 0 Å². The van der Waals surface area contributed by atoms with Gasteiger partial charge in [0.25, 0.3) is 0 Å². The Balaban J connectivity index is 0.00000162. The summed E-state index contributed by atoms with van der Waals surface area (Å²) in [5, 5.41) is 0. The van der Waals surface area contributed by atoms with Crippen LogP contribution in [0.5, 0.6) is 5.75 Å². The van der Waals surface area contributed by atoms with Crippen LogP contribution in [0.2, 0.25) is 0 Å². The molecule has 0 aliphatic rings. The molecule has 3 heteroatoms. The summed E-state index contributed by atoms with van der Waals surface area (Å²) in [7, 11) is 0. The molecule has 2 rings (SSSR count). The Morgan fingerprint density at radius 1 is 0.833 bits per heavy atom. The predicted octanol–water partition coefficient (Wildman–Crippen LogP) is 3.19. The number of benzene rings is 2. The van der Waals surface area contributed by atoms with E-state index in [4.69, 9.17) is 10.5 Å². The van der Waals surface area contributed by atoms with Crippen molar-refractivity contribution in [2.45, 2.75) is 13.0 Å². The lowest BCUT2D eigenvalue weighted by molar-refractivity contribution is 0.322. The molecule has 0 aromatic heterocycles. The van der Waals surface area contributed by atoms with Crippen molar-refractivity contribution in [3.63, 3.8) is 0 Å². The Morgan fingerprint density at radius 3 is 2.11 bits per heavy atom. The molecular formula is C15H18ClNO. The molecule has 0 aliphatic heterocycles. The van der Waals surface area contributed by atoms with E-state index in [1.807, 2.05) is 42.5 Å². The smallest absolute Gasteiger partial charge is 0.119 e. The Morgan fingerprint density at radius 2 is 1.50 bits per heavy atom. The van der Waals surface area contributed by atoms with E-state index in [-0.39, 0.29) is 12.4 Å². The van der Waals surface area contributed by atoms with Crippen LogP contribution in [0, 0.1) is 0 Å². The van der Waals surface area contributed by atoms with Crippen LogP contribution >= 0.6 is 12.4 Å². The van der Waals surface area contributed by atoms with E-state index in [2.05, 4.69) is 12.1 Å². The Kier molecular flexibility index (Phi) is 6.26. The first-order valence-corrected chi connectivity index (χ1v) is 5.84. The molecule has 2 aromatic rings. The molecule has 0 heterocycles. The van der Waals surface area contributed by atoms with Gasteiger partial charge in [-0.05, 0) is 23.3 Å². The van der Waals surface area contributed by atoms with E-state index in [9.17, 15) is 0 Å². The monoisotopic (exact) mass is 263 g/mol. The molecule has 0 fully saturated rings. The van der Waals surface area contributed by atoms with E-state index >= 15 is 0 Å². The molecule has 0 bridgehead atoms. The summed E-state index contributed by atoms with van der Waals surface area (Å²) < 4.78 is 5.67. The Bertz CT molecular complexity index is 442. The molecule has 0 radical (unpaired) electrons. The van der Waals surface area contributed by atoms with Gasteiger partial charge in [-0.3, -0.25) is 0 Å². The topological polar surface area (TPSA) is 35.2 Å². The highest BCUT2D eigenvalue weighted by molar-refractivity contribution is 5.85. The minimum absolute atomic E-state index is 0. The fraction of sp³-hybridized carbons (Fsp3) is 0.200. The lowest BCUT2D eigenvalue weighted by Crippen LogP contribution is -2.01. The molecule has 0 amide bonds. The fourth-order valence-corrected chi connectivity index (χ4v) is 1.65. The second-order valence-electron chi connectivity index (χ2n) is 3.93. The lowest BCUT2D eigenvalue weighted by atomic mass is 10.2. The fourth-order valence-electron chi connectivity index (χ4n) is 1.65. The van der Waals surface area contributed by atoms with Crippen molar-refractivity contribution >= 4 is 12.4 Å². The molecule has 96 valence electrons. The van der Waals surface area contributed by atoms with Gasteiger partial charge >= 0.3 is 0 Å². The minimum Gasteiger partial charge on any atom is -0.493 e. The number of ether oxygens (including phenoxy) is 1. The maximum Gasteiger partial charge on any atom is 0.119 e. The van der Waals surface area contributed by atoms with Crippen molar-refractivity contribution in [2.24, 2.45) is 5.73 Å². The first kappa shape index (κ1) is 14.6. The molecule has 0 unspecified atom stereocenters. The van der Waals surface area contributed by atoms with Crippen LogP contribution in [0.4, 0.5) is 0 Å². The van der Waals surface area contributed by atoms with Crippen LogP contribution in [0.15, 0.2) is 54.6 Å². The second-order valence-corrected chi connectivity index (χ2v) is 3.93. The minimum atomic E-state index is 0. The summed E-state index contributed by atoms with van der Waals surface area (Å²) in [4.78, 5) is 0. The van der Waals surface area contributed by atoms with Crippen molar-refractivity contribution in [1.82, 2.24) is 0 Å². The van der Waals surface area contributed by atoms with Gasteiger partial charge in [-0.25, -0.2) is 0 Å². The third kappa shape index (κ3) is 4.40. The Hall–Kier alpha value is -1.51. The van der Waals surface area contributed by atoms with Gasteiger partial charge in [0, 0.05) is 13.0 Å². The normalized spacial score (nSPS) is 9.61. The number of halogens is 1. The van der Waals surface area contributed by atoms with Crippen molar-refractivity contribution in [1.29, 1.82) is 0 Å². The molecule has 0 aliphatic carbocycles. The summed E-state index contributed by atoms with van der Waals surface area (Å²) in [5.41, 5.74) is 7.96. The van der Waals surface area contributed by atoms with Crippen molar-refractivity contribution in [3.05, 3.63) is 65.7 Å². The van der Waals surface area contributed by atoms with Crippen LogP contribution in [0.25, 0.3) is 0 Å². The molecule has 0 spiro atoms. The summed E-state index contributed by atoms with van der Waals surface area (Å²) >= 11 is 0. The maximum atomic E-state index is 5.67. The van der Waals surface area contributed by atoms with Crippen molar-refractivity contribution < 1.29 is 4.74 Å². The van der Waals surface area contributed by atoms with Gasteiger partial charge in [-0.2, -0.15) is 0 Å². The molecule has 2 nitrogen and oxygen atoms in total. The average molecular weight is 264 g/mol. The molecule has 0 saturated carbocycles. The molecule has 0 saturated heterocycles. The highest BCUT2D eigenvalue weighted by atomic mass is 35.5. The lowest BCUT2D eigenvalue weighted by Gasteiger charge is -2.06. The maximum absolute atomic E-state index is 5.67. The standard InChI is InChI=1S/C15H17NO.ClH/c16-12-14-6-8-15(9-7-14)17-11-10-13-4-2-1-3-5-13;/h1-9H,10-12,16H2;1H. The summed E-state index contributed by atoms with van der Waals surface area (Å²) in [6, 6.07) is 18.3. The van der Waals surface area contributed by atoms with Gasteiger partial charge in [-0.1, -0.05) is 42.5 Å². The molecule has 2 N–H and O–H groups in total. The third-order valence-corrected chi connectivity index (χ3v) is 2.66. The van der Waals surface area contributed by atoms with Crippen LogP contribution in [0.3, 0.4) is 0 Å². The first-order valence-electron chi connectivity index (χ1n) is 5.84. The number of hydrogen-bond acceptors (Lipinski definition) is 2. The predicted molar refractivity (Wildman–Crippen MR) is 77.2 cm³/mol. The molecule has 0 atom stereocenters. The summed E-state index contributed by atoms with van der Waals surface area (Å²) in [5.74, 6) is 0.901. The zero-order valence-corrected chi connectivity index (χ0v) is 11.0. The van der Waals surface area contributed by atoms with Crippen LogP contribution < -0.4 is 10.5 Å². The van der Waals surface area contributed by atoms with E-state index in [1.165, 1.54) is 5.56 Å². The van der Waals surface area contributed by atoms with Gasteiger partial charge < -0.3 is 10.5 Å². The van der Waals surface area contributed by atoms with Crippen molar-refractivity contribution in [3.8, 4) is 5.75 Å². The number of nitrogens with two attached hydrogens (primary N) is 1. The Labute approximate surface area is 114 Å². The molecule has 18 heavy (non-hydrogen) atoms. The third-order valence-electron chi connectivity index (χ3n) is 2.66. The van der Waals surface area contributed by atoms with Crippen LogP contribution in [-0.4, -0.2) is 6.61 Å². The van der Waals surface area contributed by atoms with Crippen LogP contribution in [-0.2, 0) is 13.0 Å². The molecule has 2 aromatic carbocycles. The van der Waals surface area contributed by atoms with E-state index in [0.29, 0.717) is 13.2 Å². The summed E-state index contributed by atoms with van der Waals surface area (Å²) in [6.07, 6.45) is 0.930. The molecular weight excluding hydrogens is 246 g/mol. The highest BCUT2D eigenvalue weighted by Crippen LogP contribution is 2.12. The number of hydrogen-bond donors (Lipinski definition) is 1. The average Bonchev–Trinajstić information content (AvgIpc) is 2.41. The highest BCUT2D eigenvalue weighted by Gasteiger charge is 1.95. The van der Waals surface area contributed by atoms with Gasteiger partial charge in [-0.15, -0.1) is 12.4 Å². The summed E-state index contributed by atoms with van der Waals surface area (Å²) in [6.45, 7) is 1.27. The first-order chi connectivity index (χ1) is 8.38. The van der Waals surface area contributed by atoms with Gasteiger partial charge in [0.2, 0.25) is 0 Å². The zero-order valence-electron chi connectivity index (χ0n) is 10.2.